The first-order valence-corrected chi connectivity index (χ1v) is 9.27. The molecule has 0 bridgehead atoms. The zero-order valence-electron chi connectivity index (χ0n) is 15.2. The number of hydrogen-bond acceptors (Lipinski definition) is 3. The van der Waals surface area contributed by atoms with Gasteiger partial charge in [0.15, 0.2) is 0 Å². The molecule has 130 valence electrons. The zero-order valence-corrected chi connectivity index (χ0v) is 15.2. The van der Waals surface area contributed by atoms with Gasteiger partial charge in [-0.05, 0) is 61.0 Å². The Kier molecular flexibility index (Phi) is 3.67. The van der Waals surface area contributed by atoms with Gasteiger partial charge in [-0.2, -0.15) is 0 Å². The molecular weight excluding hydrogens is 300 g/mol. The summed E-state index contributed by atoms with van der Waals surface area (Å²) >= 11 is 0. The number of ether oxygens (including phenoxy) is 2. The molecule has 2 saturated carbocycles. The van der Waals surface area contributed by atoms with Crippen LogP contribution in [-0.4, -0.2) is 20.0 Å². The Bertz CT molecular complexity index is 680. The molecule has 1 aromatic rings. The second kappa shape index (κ2) is 5.50. The molecule has 0 aromatic heterocycles. The number of methoxy groups -OCH3 is 2. The standard InChI is InChI=1S/C21H28O3/c1-12-9-13-10-14(23-3)11-17(24-4)20(13)15-7-8-21(2)16(19(12)15)5-6-18(21)22/h10-12,15-16,19H,5-9H2,1-4H3/t12-,15+,16+,19-,21+/m1/s1. The van der Waals surface area contributed by atoms with Gasteiger partial charge >= 0.3 is 0 Å². The summed E-state index contributed by atoms with van der Waals surface area (Å²) in [6.07, 6.45) is 5.05. The third-order valence-electron chi connectivity index (χ3n) is 7.27. The highest BCUT2D eigenvalue weighted by Gasteiger charge is 2.56. The molecule has 24 heavy (non-hydrogen) atoms. The number of fused-ring (bicyclic) bond motifs is 5. The van der Waals surface area contributed by atoms with Crippen LogP contribution in [0.2, 0.25) is 0 Å². The minimum atomic E-state index is -0.0768. The van der Waals surface area contributed by atoms with Crippen molar-refractivity contribution in [2.45, 2.75) is 51.9 Å². The van der Waals surface area contributed by atoms with Gasteiger partial charge in [-0.15, -0.1) is 0 Å². The van der Waals surface area contributed by atoms with Crippen molar-refractivity contribution in [3.05, 3.63) is 23.3 Å². The van der Waals surface area contributed by atoms with Crippen LogP contribution >= 0.6 is 0 Å². The molecule has 4 rings (SSSR count). The van der Waals surface area contributed by atoms with E-state index in [2.05, 4.69) is 19.9 Å². The Labute approximate surface area is 144 Å². The number of hydrogen-bond donors (Lipinski definition) is 0. The normalized spacial score (nSPS) is 37.4. The fourth-order valence-electron chi connectivity index (χ4n) is 6.11. The van der Waals surface area contributed by atoms with Crippen LogP contribution in [0.3, 0.4) is 0 Å². The van der Waals surface area contributed by atoms with Gasteiger partial charge in [-0.1, -0.05) is 13.8 Å². The Balaban J connectivity index is 1.81. The number of ketones is 1. The van der Waals surface area contributed by atoms with Crippen LogP contribution in [0.25, 0.3) is 0 Å². The van der Waals surface area contributed by atoms with E-state index in [0.717, 1.165) is 43.6 Å². The highest BCUT2D eigenvalue weighted by Crippen LogP contribution is 2.62. The minimum absolute atomic E-state index is 0.0768. The molecule has 3 nitrogen and oxygen atoms in total. The van der Waals surface area contributed by atoms with Crippen LogP contribution in [-0.2, 0) is 11.2 Å². The summed E-state index contributed by atoms with van der Waals surface area (Å²) in [5, 5.41) is 0. The molecule has 3 aliphatic carbocycles. The van der Waals surface area contributed by atoms with Gasteiger partial charge in [-0.3, -0.25) is 4.79 Å². The van der Waals surface area contributed by atoms with Crippen molar-refractivity contribution < 1.29 is 14.3 Å². The maximum atomic E-state index is 12.5. The number of rotatable bonds is 2. The van der Waals surface area contributed by atoms with Crippen LogP contribution in [0.15, 0.2) is 12.1 Å². The highest BCUT2D eigenvalue weighted by atomic mass is 16.5. The maximum absolute atomic E-state index is 12.5. The molecule has 0 spiro atoms. The van der Waals surface area contributed by atoms with E-state index in [1.807, 2.05) is 6.07 Å². The highest BCUT2D eigenvalue weighted by molar-refractivity contribution is 5.87. The Morgan fingerprint density at radius 3 is 2.67 bits per heavy atom. The van der Waals surface area contributed by atoms with Crippen molar-refractivity contribution in [1.29, 1.82) is 0 Å². The number of benzene rings is 1. The molecule has 0 unspecified atom stereocenters. The minimum Gasteiger partial charge on any atom is -0.497 e. The lowest BCUT2D eigenvalue weighted by atomic mass is 9.53. The molecular formula is C21H28O3. The Morgan fingerprint density at radius 1 is 1.17 bits per heavy atom. The van der Waals surface area contributed by atoms with Gasteiger partial charge in [0.25, 0.3) is 0 Å². The van der Waals surface area contributed by atoms with E-state index >= 15 is 0 Å². The lowest BCUT2D eigenvalue weighted by molar-refractivity contribution is -0.129. The van der Waals surface area contributed by atoms with E-state index in [0.29, 0.717) is 29.5 Å². The molecule has 0 aliphatic heterocycles. The van der Waals surface area contributed by atoms with Crippen LogP contribution in [0, 0.1) is 23.2 Å². The fourth-order valence-corrected chi connectivity index (χ4v) is 6.11. The first-order chi connectivity index (χ1) is 11.5. The second-order valence-electron chi connectivity index (χ2n) is 8.29. The van der Waals surface area contributed by atoms with E-state index in [-0.39, 0.29) is 5.41 Å². The zero-order chi connectivity index (χ0) is 17.1. The van der Waals surface area contributed by atoms with Crippen molar-refractivity contribution >= 4 is 5.78 Å². The lowest BCUT2D eigenvalue weighted by Crippen LogP contribution is -2.45. The molecule has 0 radical (unpaired) electrons. The Hall–Kier alpha value is -1.51. The summed E-state index contributed by atoms with van der Waals surface area (Å²) in [5.74, 6) is 4.63. The predicted molar refractivity (Wildman–Crippen MR) is 93.7 cm³/mol. The van der Waals surface area contributed by atoms with Gasteiger partial charge < -0.3 is 9.47 Å². The molecule has 0 heterocycles. The van der Waals surface area contributed by atoms with E-state index < -0.39 is 0 Å². The summed E-state index contributed by atoms with van der Waals surface area (Å²) in [5.41, 5.74) is 2.70. The van der Waals surface area contributed by atoms with Crippen LogP contribution in [0.5, 0.6) is 11.5 Å². The summed E-state index contributed by atoms with van der Waals surface area (Å²) in [7, 11) is 3.47. The summed E-state index contributed by atoms with van der Waals surface area (Å²) in [6, 6.07) is 4.22. The summed E-state index contributed by atoms with van der Waals surface area (Å²) < 4.78 is 11.2. The maximum Gasteiger partial charge on any atom is 0.139 e. The van der Waals surface area contributed by atoms with Crippen LogP contribution < -0.4 is 9.47 Å². The van der Waals surface area contributed by atoms with Gasteiger partial charge in [0, 0.05) is 23.5 Å². The quantitative estimate of drug-likeness (QED) is 0.808. The first-order valence-electron chi connectivity index (χ1n) is 9.27. The van der Waals surface area contributed by atoms with Gasteiger partial charge in [0.2, 0.25) is 0 Å². The molecule has 3 aliphatic rings. The average molecular weight is 328 g/mol. The van der Waals surface area contributed by atoms with E-state index in [9.17, 15) is 4.79 Å². The smallest absolute Gasteiger partial charge is 0.139 e. The molecule has 0 amide bonds. The molecule has 1 aromatic carbocycles. The first kappa shape index (κ1) is 16.0. The van der Waals surface area contributed by atoms with Crippen molar-refractivity contribution in [3.8, 4) is 11.5 Å². The van der Waals surface area contributed by atoms with Crippen LogP contribution in [0.1, 0.15) is 56.6 Å². The van der Waals surface area contributed by atoms with E-state index in [4.69, 9.17) is 9.47 Å². The number of Topliss-reactive ketones (excluding diaryl/α,β-unsaturated/α-hetero) is 1. The Morgan fingerprint density at radius 2 is 1.96 bits per heavy atom. The molecule has 0 N–H and O–H groups in total. The fraction of sp³-hybridized carbons (Fsp3) is 0.667. The van der Waals surface area contributed by atoms with Crippen molar-refractivity contribution in [1.82, 2.24) is 0 Å². The lowest BCUT2D eigenvalue weighted by Gasteiger charge is -2.51. The number of carbonyl (C=O) groups is 1. The van der Waals surface area contributed by atoms with Gasteiger partial charge in [-0.25, -0.2) is 0 Å². The van der Waals surface area contributed by atoms with Crippen LogP contribution in [0.4, 0.5) is 0 Å². The monoisotopic (exact) mass is 328 g/mol. The number of carbonyl (C=O) groups excluding carboxylic acids is 1. The van der Waals surface area contributed by atoms with Gasteiger partial charge in [0.1, 0.15) is 17.3 Å². The molecule has 0 saturated heterocycles. The molecule has 3 heteroatoms. The molecule has 2 fully saturated rings. The largest absolute Gasteiger partial charge is 0.497 e. The summed E-state index contributed by atoms with van der Waals surface area (Å²) in [4.78, 5) is 12.5. The van der Waals surface area contributed by atoms with Crippen molar-refractivity contribution in [3.63, 3.8) is 0 Å². The third-order valence-corrected chi connectivity index (χ3v) is 7.27. The van der Waals surface area contributed by atoms with E-state index in [1.165, 1.54) is 11.1 Å². The average Bonchev–Trinajstić information content (AvgIpc) is 2.88. The van der Waals surface area contributed by atoms with Crippen molar-refractivity contribution in [2.75, 3.05) is 14.2 Å². The topological polar surface area (TPSA) is 35.5 Å². The summed E-state index contributed by atoms with van der Waals surface area (Å²) in [6.45, 7) is 4.61. The predicted octanol–water partition coefficient (Wildman–Crippen LogP) is 4.38. The van der Waals surface area contributed by atoms with E-state index in [1.54, 1.807) is 14.2 Å². The third kappa shape index (κ3) is 2.06. The molecule has 5 atom stereocenters. The van der Waals surface area contributed by atoms with Crippen molar-refractivity contribution in [2.24, 2.45) is 23.2 Å². The van der Waals surface area contributed by atoms with Gasteiger partial charge in [0.05, 0.1) is 14.2 Å². The SMILES string of the molecule is COc1cc2c(c(OC)c1)[C@H]1CC[C@]3(C)C(=O)CC[C@H]3[C@@H]1[C@H](C)C2. The second-order valence-corrected chi connectivity index (χ2v) is 8.29.